The molecule has 1 aromatic carbocycles. The van der Waals surface area contributed by atoms with E-state index in [1.54, 1.807) is 0 Å². The topological polar surface area (TPSA) is 72.9 Å². The molecule has 1 amide bonds. The van der Waals surface area contributed by atoms with Crippen LogP contribution in [0.3, 0.4) is 0 Å². The highest BCUT2D eigenvalue weighted by molar-refractivity contribution is 5.97. The Labute approximate surface area is 111 Å². The molecule has 1 heterocycles. The van der Waals surface area contributed by atoms with Crippen LogP contribution < -0.4 is 11.1 Å². The fourth-order valence-corrected chi connectivity index (χ4v) is 2.44. The van der Waals surface area contributed by atoms with Gasteiger partial charge in [0.15, 0.2) is 0 Å². The summed E-state index contributed by atoms with van der Waals surface area (Å²) in [4.78, 5) is 16.4. The van der Waals surface area contributed by atoms with Crippen molar-refractivity contribution < 1.29 is 4.79 Å². The second-order valence-electron chi connectivity index (χ2n) is 5.02. The lowest BCUT2D eigenvalue weighted by Gasteiger charge is -2.26. The molecule has 5 heteroatoms. The molecule has 0 unspecified atom stereocenters. The number of fused-ring (bicyclic) bond motifs is 1. The molecule has 0 spiro atoms. The van der Waals surface area contributed by atoms with Crippen LogP contribution in [-0.4, -0.2) is 21.5 Å². The SMILES string of the molecule is CCn1c(N)nc2cc(C(=O)NC3CCC3)ccc21. The van der Waals surface area contributed by atoms with Crippen LogP contribution in [0.4, 0.5) is 5.95 Å². The highest BCUT2D eigenvalue weighted by Crippen LogP contribution is 2.21. The van der Waals surface area contributed by atoms with E-state index in [4.69, 9.17) is 5.73 Å². The number of nitrogens with zero attached hydrogens (tertiary/aromatic N) is 2. The van der Waals surface area contributed by atoms with Crippen LogP contribution in [0.2, 0.25) is 0 Å². The molecule has 3 rings (SSSR count). The highest BCUT2D eigenvalue weighted by atomic mass is 16.1. The number of hydrogen-bond acceptors (Lipinski definition) is 3. The Hall–Kier alpha value is -2.04. The summed E-state index contributed by atoms with van der Waals surface area (Å²) in [6, 6.07) is 5.91. The van der Waals surface area contributed by atoms with Gasteiger partial charge in [-0.15, -0.1) is 0 Å². The molecule has 0 saturated heterocycles. The van der Waals surface area contributed by atoms with E-state index in [0.29, 0.717) is 17.6 Å². The van der Waals surface area contributed by atoms with E-state index in [2.05, 4.69) is 10.3 Å². The van der Waals surface area contributed by atoms with Crippen molar-refractivity contribution in [3.63, 3.8) is 0 Å². The Morgan fingerprint density at radius 3 is 2.95 bits per heavy atom. The lowest BCUT2D eigenvalue weighted by atomic mass is 9.93. The van der Waals surface area contributed by atoms with Gasteiger partial charge in [0.25, 0.3) is 5.91 Å². The van der Waals surface area contributed by atoms with Gasteiger partial charge >= 0.3 is 0 Å². The highest BCUT2D eigenvalue weighted by Gasteiger charge is 2.20. The maximum absolute atomic E-state index is 12.1. The predicted octanol–water partition coefficient (Wildman–Crippen LogP) is 1.92. The van der Waals surface area contributed by atoms with Crippen molar-refractivity contribution in [2.45, 2.75) is 38.8 Å². The Balaban J connectivity index is 1.90. The Bertz CT molecular complexity index is 628. The number of hydrogen-bond donors (Lipinski definition) is 2. The Morgan fingerprint density at radius 1 is 1.53 bits per heavy atom. The Morgan fingerprint density at radius 2 is 2.32 bits per heavy atom. The van der Waals surface area contributed by atoms with Crippen molar-refractivity contribution in [1.29, 1.82) is 0 Å². The van der Waals surface area contributed by atoms with Gasteiger partial charge in [-0.1, -0.05) is 0 Å². The fraction of sp³-hybridized carbons (Fsp3) is 0.429. The molecule has 0 radical (unpaired) electrons. The minimum absolute atomic E-state index is 0.0174. The first-order valence-electron chi connectivity index (χ1n) is 6.75. The average molecular weight is 258 g/mol. The summed E-state index contributed by atoms with van der Waals surface area (Å²) in [5, 5.41) is 3.03. The van der Waals surface area contributed by atoms with Gasteiger partial charge in [-0.05, 0) is 44.4 Å². The number of nitrogens with two attached hydrogens (primary N) is 1. The molecule has 1 aromatic heterocycles. The largest absolute Gasteiger partial charge is 0.369 e. The molecule has 0 bridgehead atoms. The summed E-state index contributed by atoms with van der Waals surface area (Å²) in [7, 11) is 0. The van der Waals surface area contributed by atoms with Crippen LogP contribution in [0.1, 0.15) is 36.5 Å². The number of nitrogen functional groups attached to an aromatic ring is 1. The quantitative estimate of drug-likeness (QED) is 0.883. The minimum atomic E-state index is -0.0174. The van der Waals surface area contributed by atoms with E-state index in [1.165, 1.54) is 6.42 Å². The zero-order valence-corrected chi connectivity index (χ0v) is 11.0. The van der Waals surface area contributed by atoms with E-state index >= 15 is 0 Å². The summed E-state index contributed by atoms with van der Waals surface area (Å²) in [5.74, 6) is 0.477. The van der Waals surface area contributed by atoms with Crippen molar-refractivity contribution in [3.05, 3.63) is 23.8 Å². The van der Waals surface area contributed by atoms with Gasteiger partial charge in [-0.2, -0.15) is 0 Å². The smallest absolute Gasteiger partial charge is 0.251 e. The average Bonchev–Trinajstić information content (AvgIpc) is 2.67. The lowest BCUT2D eigenvalue weighted by molar-refractivity contribution is 0.0917. The van der Waals surface area contributed by atoms with E-state index in [9.17, 15) is 4.79 Å². The van der Waals surface area contributed by atoms with E-state index in [1.807, 2.05) is 29.7 Å². The van der Waals surface area contributed by atoms with Gasteiger partial charge in [0.1, 0.15) is 0 Å². The number of imidazole rings is 1. The number of aryl methyl sites for hydroxylation is 1. The summed E-state index contributed by atoms with van der Waals surface area (Å²) in [6.45, 7) is 2.80. The standard InChI is InChI=1S/C14H18N4O/c1-2-18-12-7-6-9(8-11(12)17-14(18)15)13(19)16-10-4-3-5-10/h6-8,10H,2-5H2,1H3,(H2,15,17)(H,16,19). The molecule has 0 aliphatic heterocycles. The predicted molar refractivity (Wildman–Crippen MR) is 74.9 cm³/mol. The first-order valence-corrected chi connectivity index (χ1v) is 6.75. The van der Waals surface area contributed by atoms with E-state index < -0.39 is 0 Å². The number of amides is 1. The van der Waals surface area contributed by atoms with Crippen molar-refractivity contribution in [3.8, 4) is 0 Å². The molecular formula is C14H18N4O. The maximum atomic E-state index is 12.1. The zero-order valence-electron chi connectivity index (χ0n) is 11.0. The summed E-state index contributed by atoms with van der Waals surface area (Å²) in [5.41, 5.74) is 8.26. The van der Waals surface area contributed by atoms with Crippen molar-refractivity contribution in [2.24, 2.45) is 0 Å². The second kappa shape index (κ2) is 4.57. The number of anilines is 1. The monoisotopic (exact) mass is 258 g/mol. The lowest BCUT2D eigenvalue weighted by Crippen LogP contribution is -2.39. The molecule has 1 aliphatic carbocycles. The number of benzene rings is 1. The van der Waals surface area contributed by atoms with Gasteiger partial charge in [0.2, 0.25) is 5.95 Å². The molecule has 2 aromatic rings. The molecule has 1 fully saturated rings. The number of rotatable bonds is 3. The minimum Gasteiger partial charge on any atom is -0.369 e. The third-order valence-corrected chi connectivity index (χ3v) is 3.80. The van der Waals surface area contributed by atoms with Crippen LogP contribution in [0.15, 0.2) is 18.2 Å². The summed E-state index contributed by atoms with van der Waals surface area (Å²) >= 11 is 0. The molecule has 19 heavy (non-hydrogen) atoms. The molecular weight excluding hydrogens is 240 g/mol. The van der Waals surface area contributed by atoms with E-state index in [0.717, 1.165) is 30.4 Å². The van der Waals surface area contributed by atoms with Crippen LogP contribution in [0, 0.1) is 0 Å². The van der Waals surface area contributed by atoms with Gasteiger partial charge < -0.3 is 15.6 Å². The fourth-order valence-electron chi connectivity index (χ4n) is 2.44. The third kappa shape index (κ3) is 2.05. The van der Waals surface area contributed by atoms with Crippen LogP contribution in [0.5, 0.6) is 0 Å². The number of aromatic nitrogens is 2. The molecule has 100 valence electrons. The molecule has 3 N–H and O–H groups in total. The molecule has 1 aliphatic rings. The number of carbonyl (C=O) groups excluding carboxylic acids is 1. The summed E-state index contributed by atoms with van der Waals surface area (Å²) in [6.07, 6.45) is 3.39. The number of carbonyl (C=O) groups is 1. The van der Waals surface area contributed by atoms with Gasteiger partial charge in [-0.3, -0.25) is 4.79 Å². The van der Waals surface area contributed by atoms with Crippen LogP contribution in [-0.2, 0) is 6.54 Å². The molecule has 1 saturated carbocycles. The molecule has 5 nitrogen and oxygen atoms in total. The van der Waals surface area contributed by atoms with Crippen molar-refractivity contribution in [1.82, 2.24) is 14.9 Å². The normalized spacial score (nSPS) is 15.4. The van der Waals surface area contributed by atoms with Gasteiger partial charge in [0.05, 0.1) is 11.0 Å². The van der Waals surface area contributed by atoms with Gasteiger partial charge in [-0.25, -0.2) is 4.98 Å². The zero-order chi connectivity index (χ0) is 13.4. The van der Waals surface area contributed by atoms with Crippen molar-refractivity contribution in [2.75, 3.05) is 5.73 Å². The van der Waals surface area contributed by atoms with Crippen molar-refractivity contribution >= 4 is 22.9 Å². The molecule has 0 atom stereocenters. The third-order valence-electron chi connectivity index (χ3n) is 3.80. The van der Waals surface area contributed by atoms with Gasteiger partial charge in [0, 0.05) is 18.2 Å². The van der Waals surface area contributed by atoms with Crippen LogP contribution in [0.25, 0.3) is 11.0 Å². The first-order chi connectivity index (χ1) is 9.19. The first kappa shape index (κ1) is 12.0. The number of nitrogens with one attached hydrogen (secondary N) is 1. The van der Waals surface area contributed by atoms with E-state index in [-0.39, 0.29) is 5.91 Å². The van der Waals surface area contributed by atoms with Crippen LogP contribution >= 0.6 is 0 Å². The Kier molecular flexibility index (Phi) is 2.89. The maximum Gasteiger partial charge on any atom is 0.251 e. The summed E-state index contributed by atoms with van der Waals surface area (Å²) < 4.78 is 1.93. The second-order valence-corrected chi connectivity index (χ2v) is 5.02.